The molecule has 10 heteroatoms. The van der Waals surface area contributed by atoms with Gasteiger partial charge in [0.25, 0.3) is 5.91 Å². The quantitative estimate of drug-likeness (QED) is 0.271. The number of nitrogens with one attached hydrogen (secondary N) is 1. The Morgan fingerprint density at radius 3 is 2.27 bits per heavy atom. The highest BCUT2D eigenvalue weighted by Gasteiger charge is 2.43. The lowest BCUT2D eigenvalue weighted by molar-refractivity contribution is -0.142. The molecule has 2 amide bonds. The van der Waals surface area contributed by atoms with Gasteiger partial charge in [-0.05, 0) is 48.6 Å². The molecule has 0 saturated carbocycles. The van der Waals surface area contributed by atoms with E-state index < -0.39 is 47.1 Å². The number of aromatic nitrogens is 2. The van der Waals surface area contributed by atoms with Crippen molar-refractivity contribution in [3.8, 4) is 11.5 Å². The number of halogens is 1. The summed E-state index contributed by atoms with van der Waals surface area (Å²) in [5, 5.41) is 21.2. The molecule has 0 unspecified atom stereocenters. The first kappa shape index (κ1) is 30.5. The number of amides is 2. The van der Waals surface area contributed by atoms with E-state index in [1.807, 2.05) is 58.0 Å². The first-order chi connectivity index (χ1) is 18.9. The second-order valence-corrected chi connectivity index (χ2v) is 10.9. The minimum absolute atomic E-state index is 0.0158. The van der Waals surface area contributed by atoms with Crippen molar-refractivity contribution < 1.29 is 28.3 Å². The summed E-state index contributed by atoms with van der Waals surface area (Å²) in [6, 6.07) is 12.3. The maximum atomic E-state index is 13.6. The summed E-state index contributed by atoms with van der Waals surface area (Å²) in [6.45, 7) is 9.25. The molecule has 0 aliphatic heterocycles. The first-order valence-corrected chi connectivity index (χ1v) is 13.4. The number of ketones is 1. The molecule has 3 rings (SSSR count). The van der Waals surface area contributed by atoms with Crippen LogP contribution in [0.3, 0.4) is 0 Å². The van der Waals surface area contributed by atoms with Gasteiger partial charge in [0.05, 0.1) is 6.04 Å². The number of hydrogen-bond donors (Lipinski definition) is 2. The summed E-state index contributed by atoms with van der Waals surface area (Å²) in [7, 11) is 0. The van der Waals surface area contributed by atoms with Crippen molar-refractivity contribution in [2.45, 2.75) is 78.4 Å². The SMILES string of the molecule is CCCC[C@@H](C(=O)C(=O)N[C@H](C)c1ccccc1)N(C(=O)O)[C@H](Cc1nnc(-c2ccc(F)cc2)o1)C(C)(C)C. The van der Waals surface area contributed by atoms with Gasteiger partial charge in [0.2, 0.25) is 17.6 Å². The van der Waals surface area contributed by atoms with Crippen LogP contribution in [0.4, 0.5) is 9.18 Å². The van der Waals surface area contributed by atoms with Gasteiger partial charge in [0.15, 0.2) is 0 Å². The van der Waals surface area contributed by atoms with E-state index in [2.05, 4.69) is 15.5 Å². The van der Waals surface area contributed by atoms with E-state index >= 15 is 0 Å². The van der Waals surface area contributed by atoms with Crippen molar-refractivity contribution >= 4 is 17.8 Å². The molecule has 0 fully saturated rings. The number of carbonyl (C=O) groups is 3. The maximum Gasteiger partial charge on any atom is 0.408 e. The average Bonchev–Trinajstić information content (AvgIpc) is 3.38. The van der Waals surface area contributed by atoms with Gasteiger partial charge in [-0.2, -0.15) is 0 Å². The molecule has 0 bridgehead atoms. The van der Waals surface area contributed by atoms with Crippen LogP contribution in [0.1, 0.15) is 71.4 Å². The summed E-state index contributed by atoms with van der Waals surface area (Å²) in [6.07, 6.45) is 0.142. The molecular weight excluding hydrogens is 515 g/mol. The highest BCUT2D eigenvalue weighted by atomic mass is 19.1. The van der Waals surface area contributed by atoms with Crippen molar-refractivity contribution in [1.82, 2.24) is 20.4 Å². The molecule has 0 aliphatic carbocycles. The fraction of sp³-hybridized carbons (Fsp3) is 0.433. The Balaban J connectivity index is 1.90. The van der Waals surface area contributed by atoms with Gasteiger partial charge >= 0.3 is 6.09 Å². The molecule has 2 N–H and O–H groups in total. The topological polar surface area (TPSA) is 126 Å². The third-order valence-corrected chi connectivity index (χ3v) is 6.82. The van der Waals surface area contributed by atoms with Crippen LogP contribution in [-0.4, -0.2) is 50.1 Å². The van der Waals surface area contributed by atoms with E-state index in [0.717, 1.165) is 10.5 Å². The molecule has 1 aromatic heterocycles. The molecule has 0 spiro atoms. The monoisotopic (exact) mass is 552 g/mol. The van der Waals surface area contributed by atoms with Crippen molar-refractivity contribution in [2.75, 3.05) is 0 Å². The van der Waals surface area contributed by atoms with Gasteiger partial charge in [0, 0.05) is 18.0 Å². The highest BCUT2D eigenvalue weighted by Crippen LogP contribution is 2.31. The molecule has 3 atom stereocenters. The fourth-order valence-corrected chi connectivity index (χ4v) is 4.55. The number of benzene rings is 2. The second kappa shape index (κ2) is 13.3. The third-order valence-electron chi connectivity index (χ3n) is 6.82. The molecule has 2 aromatic carbocycles. The summed E-state index contributed by atoms with van der Waals surface area (Å²) >= 11 is 0. The molecule has 0 saturated heterocycles. The van der Waals surface area contributed by atoms with Crippen LogP contribution in [0.2, 0.25) is 0 Å². The fourth-order valence-electron chi connectivity index (χ4n) is 4.55. The van der Waals surface area contributed by atoms with Gasteiger partial charge in [-0.15, -0.1) is 10.2 Å². The normalized spacial score (nSPS) is 13.8. The average molecular weight is 553 g/mol. The van der Waals surface area contributed by atoms with Crippen LogP contribution in [0, 0.1) is 11.2 Å². The summed E-state index contributed by atoms with van der Waals surface area (Å²) in [4.78, 5) is 40.5. The molecule has 214 valence electrons. The summed E-state index contributed by atoms with van der Waals surface area (Å²) in [5.41, 5.74) is 0.675. The summed E-state index contributed by atoms with van der Waals surface area (Å²) in [5.74, 6) is -1.73. The zero-order valence-electron chi connectivity index (χ0n) is 23.6. The molecule has 0 radical (unpaired) electrons. The van der Waals surface area contributed by atoms with Crippen LogP contribution < -0.4 is 5.32 Å². The van der Waals surface area contributed by atoms with E-state index in [-0.39, 0.29) is 24.6 Å². The Morgan fingerprint density at radius 1 is 1.05 bits per heavy atom. The van der Waals surface area contributed by atoms with Crippen molar-refractivity contribution in [3.05, 3.63) is 71.9 Å². The second-order valence-electron chi connectivity index (χ2n) is 10.9. The van der Waals surface area contributed by atoms with E-state index in [4.69, 9.17) is 4.42 Å². The number of hydrogen-bond acceptors (Lipinski definition) is 6. The lowest BCUT2D eigenvalue weighted by Crippen LogP contribution is -2.58. The highest BCUT2D eigenvalue weighted by molar-refractivity contribution is 6.38. The molecule has 40 heavy (non-hydrogen) atoms. The van der Waals surface area contributed by atoms with Crippen LogP contribution in [0.5, 0.6) is 0 Å². The Bertz CT molecular complexity index is 1290. The standard InChI is InChI=1S/C30H37FN4O5/c1-6-7-13-23(26(36)27(37)32-19(2)20-11-9-8-10-12-20)35(29(38)39)24(30(3,4)5)18-25-33-34-28(40-25)21-14-16-22(31)17-15-21/h8-12,14-17,19,23-24H,6-7,13,18H2,1-5H3,(H,32,37)(H,38,39)/t19-,23+,24-/m1/s1. The number of carbonyl (C=O) groups excluding carboxylic acids is 2. The van der Waals surface area contributed by atoms with Crippen LogP contribution in [-0.2, 0) is 16.0 Å². The number of Topliss-reactive ketones (excluding diaryl/α,β-unsaturated/α-hetero) is 1. The minimum atomic E-state index is -1.32. The molecule has 9 nitrogen and oxygen atoms in total. The lowest BCUT2D eigenvalue weighted by atomic mass is 9.82. The molecule has 1 heterocycles. The molecular formula is C30H37FN4O5. The Kier molecular flexibility index (Phi) is 10.1. The van der Waals surface area contributed by atoms with Gasteiger partial charge in [-0.25, -0.2) is 9.18 Å². The smallest absolute Gasteiger partial charge is 0.408 e. The van der Waals surface area contributed by atoms with Gasteiger partial charge in [-0.1, -0.05) is 70.9 Å². The Hall–Kier alpha value is -4.08. The van der Waals surface area contributed by atoms with Crippen LogP contribution in [0.25, 0.3) is 11.5 Å². The maximum absolute atomic E-state index is 13.6. The van der Waals surface area contributed by atoms with E-state index in [9.17, 15) is 23.9 Å². The van der Waals surface area contributed by atoms with Gasteiger partial charge in [0.1, 0.15) is 11.9 Å². The van der Waals surface area contributed by atoms with Crippen LogP contribution >= 0.6 is 0 Å². The number of nitrogens with zero attached hydrogens (tertiary/aromatic N) is 3. The van der Waals surface area contributed by atoms with Crippen molar-refractivity contribution in [2.24, 2.45) is 5.41 Å². The molecule has 0 aliphatic rings. The number of carboxylic acid groups (broad SMARTS) is 1. The van der Waals surface area contributed by atoms with E-state index in [1.165, 1.54) is 24.3 Å². The number of unbranched alkanes of at least 4 members (excludes halogenated alkanes) is 1. The zero-order valence-corrected chi connectivity index (χ0v) is 23.6. The minimum Gasteiger partial charge on any atom is -0.465 e. The van der Waals surface area contributed by atoms with E-state index in [0.29, 0.717) is 18.4 Å². The lowest BCUT2D eigenvalue weighted by Gasteiger charge is -2.41. The zero-order chi connectivity index (χ0) is 29.4. The molecule has 3 aromatic rings. The van der Waals surface area contributed by atoms with E-state index in [1.54, 1.807) is 6.92 Å². The van der Waals surface area contributed by atoms with Crippen molar-refractivity contribution in [3.63, 3.8) is 0 Å². The Labute approximate surface area is 233 Å². The van der Waals surface area contributed by atoms with Gasteiger partial charge in [-0.3, -0.25) is 14.5 Å². The summed E-state index contributed by atoms with van der Waals surface area (Å²) < 4.78 is 19.1. The third kappa shape index (κ3) is 7.74. The predicted molar refractivity (Wildman–Crippen MR) is 148 cm³/mol. The number of rotatable bonds is 12. The predicted octanol–water partition coefficient (Wildman–Crippen LogP) is 5.82. The van der Waals surface area contributed by atoms with Crippen molar-refractivity contribution in [1.29, 1.82) is 0 Å². The largest absolute Gasteiger partial charge is 0.465 e. The first-order valence-electron chi connectivity index (χ1n) is 13.4. The Morgan fingerprint density at radius 2 is 1.70 bits per heavy atom. The van der Waals surface area contributed by atoms with Crippen LogP contribution in [0.15, 0.2) is 59.0 Å². The van der Waals surface area contributed by atoms with Gasteiger partial charge < -0.3 is 14.8 Å².